The lowest BCUT2D eigenvalue weighted by molar-refractivity contribution is 0.469. The number of nitrogens with two attached hydrogens (primary N) is 1. The smallest absolute Gasteiger partial charge is 0.0770 e. The van der Waals surface area contributed by atoms with Gasteiger partial charge in [0.1, 0.15) is 0 Å². The van der Waals surface area contributed by atoms with Gasteiger partial charge in [0.05, 0.1) is 17.9 Å². The second-order valence-corrected chi connectivity index (χ2v) is 4.37. The molecule has 5 nitrogen and oxygen atoms in total. The maximum absolute atomic E-state index is 5.54. The summed E-state index contributed by atoms with van der Waals surface area (Å²) < 4.78 is 1.92. The molecule has 0 saturated carbocycles. The van der Waals surface area contributed by atoms with Crippen LogP contribution in [0.15, 0.2) is 6.20 Å². The van der Waals surface area contributed by atoms with Crippen LogP contribution in [-0.2, 0) is 6.54 Å². The van der Waals surface area contributed by atoms with Crippen molar-refractivity contribution in [1.29, 1.82) is 0 Å². The second kappa shape index (κ2) is 6.81. The molecular weight excluding hydrogens is 210 g/mol. The van der Waals surface area contributed by atoms with Crippen molar-refractivity contribution < 1.29 is 0 Å². The summed E-state index contributed by atoms with van der Waals surface area (Å²) in [6.45, 7) is 3.02. The van der Waals surface area contributed by atoms with E-state index in [1.807, 2.05) is 16.4 Å². The van der Waals surface area contributed by atoms with E-state index in [4.69, 9.17) is 5.84 Å². The van der Waals surface area contributed by atoms with Gasteiger partial charge in [-0.25, -0.2) is 4.68 Å². The van der Waals surface area contributed by atoms with Gasteiger partial charge in [-0.05, 0) is 24.9 Å². The van der Waals surface area contributed by atoms with Gasteiger partial charge in [-0.1, -0.05) is 12.1 Å². The molecular formula is C9H19N5S. The first-order valence-corrected chi connectivity index (χ1v) is 6.56. The van der Waals surface area contributed by atoms with Gasteiger partial charge in [0.25, 0.3) is 0 Å². The number of thioether (sulfide) groups is 1. The molecule has 0 aliphatic rings. The number of aryl methyl sites for hydroxylation is 1. The topological polar surface area (TPSA) is 68.8 Å². The van der Waals surface area contributed by atoms with Crippen molar-refractivity contribution in [2.24, 2.45) is 5.84 Å². The summed E-state index contributed by atoms with van der Waals surface area (Å²) in [5, 5.41) is 7.98. The highest BCUT2D eigenvalue weighted by Gasteiger charge is 2.14. The van der Waals surface area contributed by atoms with Crippen molar-refractivity contribution in [2.45, 2.75) is 32.4 Å². The summed E-state index contributed by atoms with van der Waals surface area (Å²) in [6, 6.07) is 0.152. The predicted octanol–water partition coefficient (Wildman–Crippen LogP) is 0.946. The van der Waals surface area contributed by atoms with Crippen LogP contribution in [0, 0.1) is 0 Å². The van der Waals surface area contributed by atoms with E-state index in [1.54, 1.807) is 6.20 Å². The zero-order chi connectivity index (χ0) is 11.1. The molecule has 0 aliphatic carbocycles. The molecule has 1 atom stereocenters. The molecule has 86 valence electrons. The Morgan fingerprint density at radius 1 is 1.67 bits per heavy atom. The average Bonchev–Trinajstić information content (AvgIpc) is 2.68. The van der Waals surface area contributed by atoms with Gasteiger partial charge < -0.3 is 0 Å². The molecule has 0 bridgehead atoms. The van der Waals surface area contributed by atoms with Crippen LogP contribution >= 0.6 is 11.8 Å². The van der Waals surface area contributed by atoms with Crippen molar-refractivity contribution in [1.82, 2.24) is 20.4 Å². The van der Waals surface area contributed by atoms with E-state index >= 15 is 0 Å². The maximum atomic E-state index is 5.54. The zero-order valence-electron chi connectivity index (χ0n) is 9.31. The number of hydrogen-bond donors (Lipinski definition) is 2. The van der Waals surface area contributed by atoms with Gasteiger partial charge in [-0.15, -0.1) is 5.10 Å². The molecule has 3 N–H and O–H groups in total. The first-order chi connectivity index (χ1) is 7.33. The summed E-state index contributed by atoms with van der Waals surface area (Å²) in [6.07, 6.45) is 5.93. The largest absolute Gasteiger partial charge is 0.271 e. The van der Waals surface area contributed by atoms with Crippen LogP contribution in [0.1, 0.15) is 31.5 Å². The molecule has 15 heavy (non-hydrogen) atoms. The minimum absolute atomic E-state index is 0.152. The predicted molar refractivity (Wildman–Crippen MR) is 63.4 cm³/mol. The fourth-order valence-corrected chi connectivity index (χ4v) is 1.94. The Hall–Kier alpha value is -0.590. The Balaban J connectivity index is 2.67. The maximum Gasteiger partial charge on any atom is 0.0770 e. The van der Waals surface area contributed by atoms with Crippen LogP contribution in [0.3, 0.4) is 0 Å². The van der Waals surface area contributed by atoms with Crippen LogP contribution in [0.4, 0.5) is 0 Å². The first kappa shape index (κ1) is 12.5. The number of nitrogens with zero attached hydrogens (tertiary/aromatic N) is 3. The fraction of sp³-hybridized carbons (Fsp3) is 0.778. The van der Waals surface area contributed by atoms with Crippen molar-refractivity contribution in [3.05, 3.63) is 11.9 Å². The summed E-state index contributed by atoms with van der Waals surface area (Å²) in [5.41, 5.74) is 3.90. The normalized spacial score (nSPS) is 13.0. The molecule has 0 aromatic carbocycles. The molecule has 0 fully saturated rings. The zero-order valence-corrected chi connectivity index (χ0v) is 10.1. The molecule has 0 aliphatic heterocycles. The minimum atomic E-state index is 0.152. The lowest BCUT2D eigenvalue weighted by Crippen LogP contribution is -2.30. The van der Waals surface area contributed by atoms with Gasteiger partial charge >= 0.3 is 0 Å². The molecule has 1 heterocycles. The molecule has 1 aromatic rings. The monoisotopic (exact) mass is 229 g/mol. The quantitative estimate of drug-likeness (QED) is 0.538. The molecule has 6 heteroatoms. The summed E-state index contributed by atoms with van der Waals surface area (Å²) in [4.78, 5) is 0. The van der Waals surface area contributed by atoms with Crippen LogP contribution in [0.5, 0.6) is 0 Å². The third-order valence-corrected chi connectivity index (χ3v) is 2.90. The van der Waals surface area contributed by atoms with Crippen LogP contribution < -0.4 is 11.3 Å². The van der Waals surface area contributed by atoms with Crippen LogP contribution in [0.25, 0.3) is 0 Å². The third-order valence-electron chi connectivity index (χ3n) is 2.25. The van der Waals surface area contributed by atoms with E-state index < -0.39 is 0 Å². The van der Waals surface area contributed by atoms with Crippen LogP contribution in [0.2, 0.25) is 0 Å². The molecule has 0 spiro atoms. The number of aromatic nitrogens is 3. The Morgan fingerprint density at radius 2 is 2.47 bits per heavy atom. The Morgan fingerprint density at radius 3 is 3.07 bits per heavy atom. The Labute approximate surface area is 94.8 Å². The summed E-state index contributed by atoms with van der Waals surface area (Å²) in [7, 11) is 0. The average molecular weight is 229 g/mol. The molecule has 1 unspecified atom stereocenters. The molecule has 0 radical (unpaired) electrons. The highest BCUT2D eigenvalue weighted by Crippen LogP contribution is 2.16. The van der Waals surface area contributed by atoms with Crippen molar-refractivity contribution in [2.75, 3.05) is 12.0 Å². The number of hydrazine groups is 1. The van der Waals surface area contributed by atoms with E-state index in [0.717, 1.165) is 30.8 Å². The minimum Gasteiger partial charge on any atom is -0.271 e. The Kier molecular flexibility index (Phi) is 5.67. The number of rotatable bonds is 7. The second-order valence-electron chi connectivity index (χ2n) is 3.38. The van der Waals surface area contributed by atoms with Gasteiger partial charge in [0, 0.05) is 6.54 Å². The SMILES string of the molecule is CCCn1nncc1C(CCSC)NN. The van der Waals surface area contributed by atoms with Gasteiger partial charge in [-0.2, -0.15) is 11.8 Å². The summed E-state index contributed by atoms with van der Waals surface area (Å²) >= 11 is 1.82. The highest BCUT2D eigenvalue weighted by atomic mass is 32.2. The lowest BCUT2D eigenvalue weighted by Gasteiger charge is -2.15. The van der Waals surface area contributed by atoms with Gasteiger partial charge in [-0.3, -0.25) is 11.3 Å². The number of nitrogens with one attached hydrogen (secondary N) is 1. The first-order valence-electron chi connectivity index (χ1n) is 5.17. The van der Waals surface area contributed by atoms with Gasteiger partial charge in [0.2, 0.25) is 0 Å². The fourth-order valence-electron chi connectivity index (χ4n) is 1.47. The molecule has 0 saturated heterocycles. The molecule has 0 amide bonds. The van der Waals surface area contributed by atoms with E-state index in [2.05, 4.69) is 28.9 Å². The van der Waals surface area contributed by atoms with Gasteiger partial charge in [0.15, 0.2) is 0 Å². The molecule has 1 aromatic heterocycles. The van der Waals surface area contributed by atoms with E-state index in [9.17, 15) is 0 Å². The Bertz CT molecular complexity index is 275. The molecule has 1 rings (SSSR count). The van der Waals surface area contributed by atoms with Crippen molar-refractivity contribution in [3.63, 3.8) is 0 Å². The lowest BCUT2D eigenvalue weighted by atomic mass is 10.2. The number of hydrogen-bond acceptors (Lipinski definition) is 5. The van der Waals surface area contributed by atoms with Crippen molar-refractivity contribution >= 4 is 11.8 Å². The van der Waals surface area contributed by atoms with Crippen LogP contribution in [-0.4, -0.2) is 27.0 Å². The van der Waals surface area contributed by atoms with Crippen molar-refractivity contribution in [3.8, 4) is 0 Å². The standard InChI is InChI=1S/C9H19N5S/c1-3-5-14-9(7-11-13-14)8(12-10)4-6-15-2/h7-8,12H,3-6,10H2,1-2H3. The third kappa shape index (κ3) is 3.48. The highest BCUT2D eigenvalue weighted by molar-refractivity contribution is 7.98. The summed E-state index contributed by atoms with van der Waals surface area (Å²) in [5.74, 6) is 6.62. The van der Waals surface area contributed by atoms with E-state index in [-0.39, 0.29) is 6.04 Å². The van der Waals surface area contributed by atoms with E-state index in [1.165, 1.54) is 0 Å². The van der Waals surface area contributed by atoms with E-state index in [0.29, 0.717) is 0 Å².